The van der Waals surface area contributed by atoms with Gasteiger partial charge in [0.25, 0.3) is 0 Å². The van der Waals surface area contributed by atoms with Crippen molar-refractivity contribution in [1.29, 1.82) is 0 Å². The van der Waals surface area contributed by atoms with Gasteiger partial charge >= 0.3 is 5.97 Å². The Balaban J connectivity index is 1.63. The number of benzene rings is 3. The number of carboxylic acid groups (broad SMARTS) is 1. The molecule has 3 aromatic carbocycles. The van der Waals surface area contributed by atoms with Gasteiger partial charge in [-0.1, -0.05) is 0 Å². The molecule has 0 atom stereocenters. The lowest BCUT2D eigenvalue weighted by molar-refractivity contribution is -0.136. The fourth-order valence-corrected chi connectivity index (χ4v) is 4.52. The molecule has 0 spiro atoms. The van der Waals surface area contributed by atoms with Crippen LogP contribution in [0.15, 0.2) is 58.7 Å². The number of aliphatic carboxylic acids is 1. The summed E-state index contributed by atoms with van der Waals surface area (Å²) in [5.74, 6) is 1.24. The zero-order valence-corrected chi connectivity index (χ0v) is 21.1. The number of hydrogen-bond acceptors (Lipinski definition) is 8. The fraction of sp³-hybridized carbons (Fsp3) is 0.172. The maximum absolute atomic E-state index is 13.3. The predicted molar refractivity (Wildman–Crippen MR) is 139 cm³/mol. The molecule has 38 heavy (non-hydrogen) atoms. The summed E-state index contributed by atoms with van der Waals surface area (Å²) in [6, 6.07) is 13.7. The van der Waals surface area contributed by atoms with Crippen molar-refractivity contribution in [2.24, 2.45) is 0 Å². The Hall–Kier alpha value is -4.92. The number of allylic oxidation sites excluding steroid dienone is 1. The van der Waals surface area contributed by atoms with Gasteiger partial charge in [-0.05, 0) is 60.2 Å². The summed E-state index contributed by atoms with van der Waals surface area (Å²) in [6.45, 7) is 0. The van der Waals surface area contributed by atoms with Crippen molar-refractivity contribution in [1.82, 2.24) is 0 Å². The van der Waals surface area contributed by atoms with Crippen LogP contribution < -0.4 is 23.7 Å². The lowest BCUT2D eigenvalue weighted by atomic mass is 10.00. The van der Waals surface area contributed by atoms with E-state index in [0.29, 0.717) is 62.0 Å². The Labute approximate surface area is 217 Å². The quantitative estimate of drug-likeness (QED) is 0.308. The molecule has 1 aliphatic rings. The van der Waals surface area contributed by atoms with Gasteiger partial charge in [-0.3, -0.25) is 9.59 Å². The van der Waals surface area contributed by atoms with Crippen LogP contribution in [0.2, 0.25) is 0 Å². The van der Waals surface area contributed by atoms with Crippen LogP contribution in [0.5, 0.6) is 28.7 Å². The van der Waals surface area contributed by atoms with E-state index in [9.17, 15) is 14.7 Å². The van der Waals surface area contributed by atoms with E-state index in [1.807, 2.05) is 0 Å². The summed E-state index contributed by atoms with van der Waals surface area (Å²) in [6.07, 6.45) is 1.24. The topological polar surface area (TPSA) is 114 Å². The standard InChI is InChI=1S/C29H24O9/c1-33-17-7-5-16(6-8-17)27-19(14-24(30)31)25-20(37-27)10-9-18-26(32)21(38-28(18)25)11-15-12-22(34-2)29(36-4)23(13-15)35-3/h5-13H,14H2,1-4H3,(H,30,31)/b21-11-. The second-order valence-corrected chi connectivity index (χ2v) is 8.42. The molecule has 5 rings (SSSR count). The van der Waals surface area contributed by atoms with Gasteiger partial charge in [0.2, 0.25) is 11.5 Å². The largest absolute Gasteiger partial charge is 0.497 e. The third kappa shape index (κ3) is 4.17. The molecule has 4 aromatic rings. The molecular formula is C29H24O9. The number of methoxy groups -OCH3 is 4. The average molecular weight is 517 g/mol. The zero-order chi connectivity index (χ0) is 27.0. The van der Waals surface area contributed by atoms with E-state index in [2.05, 4.69) is 0 Å². The van der Waals surface area contributed by atoms with Crippen LogP contribution in [-0.2, 0) is 11.2 Å². The van der Waals surface area contributed by atoms with Gasteiger partial charge in [-0.2, -0.15) is 0 Å². The molecule has 1 N–H and O–H groups in total. The van der Waals surface area contributed by atoms with Crippen molar-refractivity contribution in [3.05, 3.63) is 71.0 Å². The SMILES string of the molecule is COc1ccc(-c2oc3ccc4c(c3c2CC(=O)O)O/C(=C\c2cc(OC)c(OC)c(OC)c2)C4=O)cc1. The number of ketones is 1. The molecule has 0 aliphatic carbocycles. The minimum Gasteiger partial charge on any atom is -0.497 e. The Morgan fingerprint density at radius 3 is 2.18 bits per heavy atom. The Morgan fingerprint density at radius 2 is 1.61 bits per heavy atom. The monoisotopic (exact) mass is 516 g/mol. The number of carbonyl (C=O) groups excluding carboxylic acids is 1. The first-order valence-electron chi connectivity index (χ1n) is 11.6. The number of furan rings is 1. The molecule has 0 amide bonds. The molecule has 9 heteroatoms. The van der Waals surface area contributed by atoms with Crippen molar-refractivity contribution >= 4 is 28.8 Å². The molecular weight excluding hydrogens is 492 g/mol. The highest BCUT2D eigenvalue weighted by Crippen LogP contribution is 2.45. The van der Waals surface area contributed by atoms with E-state index >= 15 is 0 Å². The Bertz CT molecular complexity index is 1570. The molecule has 0 fully saturated rings. The second kappa shape index (κ2) is 9.85. The molecule has 0 saturated carbocycles. The lowest BCUT2D eigenvalue weighted by Gasteiger charge is -2.13. The highest BCUT2D eigenvalue weighted by Gasteiger charge is 2.33. The number of hydrogen-bond donors (Lipinski definition) is 1. The maximum atomic E-state index is 13.3. The van der Waals surface area contributed by atoms with Crippen molar-refractivity contribution in [3.8, 4) is 40.1 Å². The van der Waals surface area contributed by atoms with Gasteiger partial charge < -0.3 is 33.2 Å². The van der Waals surface area contributed by atoms with E-state index in [1.54, 1.807) is 61.7 Å². The van der Waals surface area contributed by atoms with Gasteiger partial charge in [-0.15, -0.1) is 0 Å². The van der Waals surface area contributed by atoms with E-state index in [1.165, 1.54) is 21.3 Å². The second-order valence-electron chi connectivity index (χ2n) is 8.42. The Kier molecular flexibility index (Phi) is 6.42. The smallest absolute Gasteiger partial charge is 0.307 e. The average Bonchev–Trinajstić information content (AvgIpc) is 3.44. The van der Waals surface area contributed by atoms with Gasteiger partial charge in [0.1, 0.15) is 22.8 Å². The highest BCUT2D eigenvalue weighted by molar-refractivity contribution is 6.18. The van der Waals surface area contributed by atoms with Crippen LogP contribution in [0, 0.1) is 0 Å². The summed E-state index contributed by atoms with van der Waals surface area (Å²) in [7, 11) is 6.07. The van der Waals surface area contributed by atoms with Gasteiger partial charge in [0.05, 0.1) is 45.8 Å². The molecule has 194 valence electrons. The first-order chi connectivity index (χ1) is 18.4. The first kappa shape index (κ1) is 24.8. The van der Waals surface area contributed by atoms with Crippen LogP contribution in [0.4, 0.5) is 0 Å². The van der Waals surface area contributed by atoms with E-state index in [0.717, 1.165) is 0 Å². The minimum atomic E-state index is -1.04. The summed E-state index contributed by atoms with van der Waals surface area (Å²) in [5.41, 5.74) is 2.39. The van der Waals surface area contributed by atoms with Crippen molar-refractivity contribution < 1.29 is 42.8 Å². The predicted octanol–water partition coefficient (Wildman–Crippen LogP) is 5.38. The number of carbonyl (C=O) groups is 2. The third-order valence-electron chi connectivity index (χ3n) is 6.25. The summed E-state index contributed by atoms with van der Waals surface area (Å²) < 4.78 is 33.6. The molecule has 0 saturated heterocycles. The van der Waals surface area contributed by atoms with Crippen molar-refractivity contribution in [3.63, 3.8) is 0 Å². The third-order valence-corrected chi connectivity index (χ3v) is 6.25. The summed E-state index contributed by atoms with van der Waals surface area (Å²) in [5, 5.41) is 10.1. The molecule has 9 nitrogen and oxygen atoms in total. The molecule has 1 aliphatic heterocycles. The Morgan fingerprint density at radius 1 is 0.921 bits per heavy atom. The first-order valence-corrected chi connectivity index (χ1v) is 11.6. The molecule has 0 bridgehead atoms. The van der Waals surface area contributed by atoms with Crippen LogP contribution in [-0.4, -0.2) is 45.3 Å². The van der Waals surface area contributed by atoms with Crippen LogP contribution >= 0.6 is 0 Å². The molecule has 1 aromatic heterocycles. The number of rotatable bonds is 8. The maximum Gasteiger partial charge on any atom is 0.307 e. The number of carboxylic acids is 1. The highest BCUT2D eigenvalue weighted by atomic mass is 16.5. The number of ether oxygens (including phenoxy) is 5. The summed E-state index contributed by atoms with van der Waals surface area (Å²) in [4.78, 5) is 25.1. The van der Waals surface area contributed by atoms with Crippen LogP contribution in [0.3, 0.4) is 0 Å². The van der Waals surface area contributed by atoms with Crippen LogP contribution in [0.1, 0.15) is 21.5 Å². The normalized spacial score (nSPS) is 13.4. The van der Waals surface area contributed by atoms with Crippen LogP contribution in [0.25, 0.3) is 28.4 Å². The molecule has 0 radical (unpaired) electrons. The van der Waals surface area contributed by atoms with E-state index in [-0.39, 0.29) is 23.7 Å². The molecule has 0 unspecified atom stereocenters. The minimum absolute atomic E-state index is 0.0650. The van der Waals surface area contributed by atoms with Gasteiger partial charge in [0.15, 0.2) is 17.3 Å². The number of Topliss-reactive ketones (excluding diaryl/α,β-unsaturated/α-hetero) is 1. The molecule has 2 heterocycles. The number of fused-ring (bicyclic) bond motifs is 3. The van der Waals surface area contributed by atoms with E-state index in [4.69, 9.17) is 28.1 Å². The van der Waals surface area contributed by atoms with Crippen molar-refractivity contribution in [2.45, 2.75) is 6.42 Å². The zero-order valence-electron chi connectivity index (χ0n) is 21.1. The van der Waals surface area contributed by atoms with E-state index < -0.39 is 5.97 Å². The van der Waals surface area contributed by atoms with Gasteiger partial charge in [0, 0.05) is 11.1 Å². The van der Waals surface area contributed by atoms with Crippen molar-refractivity contribution in [2.75, 3.05) is 28.4 Å². The summed E-state index contributed by atoms with van der Waals surface area (Å²) >= 11 is 0. The fourth-order valence-electron chi connectivity index (χ4n) is 4.52. The lowest BCUT2D eigenvalue weighted by Crippen LogP contribution is -2.01. The van der Waals surface area contributed by atoms with Gasteiger partial charge in [-0.25, -0.2) is 0 Å².